The largest absolute Gasteiger partial charge is 0.351 e. The number of nitrogens with one attached hydrogen (secondary N) is 1. The van der Waals surface area contributed by atoms with Crippen LogP contribution in [0.25, 0.3) is 11.0 Å². The fraction of sp³-hybridized carbons (Fsp3) is 0.571. The molecule has 1 heterocycles. The Morgan fingerprint density at radius 3 is 2.65 bits per heavy atom. The van der Waals surface area contributed by atoms with Crippen molar-refractivity contribution in [3.05, 3.63) is 23.8 Å². The minimum Gasteiger partial charge on any atom is -0.351 e. The molecule has 1 aromatic carbocycles. The molecule has 1 unspecified atom stereocenters. The molecule has 0 saturated heterocycles. The van der Waals surface area contributed by atoms with Gasteiger partial charge in [-0.15, -0.1) is 0 Å². The minimum atomic E-state index is -0.224. The van der Waals surface area contributed by atoms with Crippen LogP contribution in [0.5, 0.6) is 0 Å². The van der Waals surface area contributed by atoms with E-state index in [0.717, 1.165) is 23.1 Å². The molecule has 0 radical (unpaired) electrons. The van der Waals surface area contributed by atoms with Gasteiger partial charge in [-0.05, 0) is 32.4 Å². The SMILES string of the molecule is CCOC(OCC)C(C)NCc1cccc2nsnc12. The predicted molar refractivity (Wildman–Crippen MR) is 80.8 cm³/mol. The van der Waals surface area contributed by atoms with Crippen LogP contribution in [0.3, 0.4) is 0 Å². The number of hydrogen-bond acceptors (Lipinski definition) is 6. The smallest absolute Gasteiger partial charge is 0.172 e. The van der Waals surface area contributed by atoms with Crippen molar-refractivity contribution in [3.8, 4) is 0 Å². The van der Waals surface area contributed by atoms with Gasteiger partial charge in [0.15, 0.2) is 6.29 Å². The monoisotopic (exact) mass is 295 g/mol. The van der Waals surface area contributed by atoms with Crippen LogP contribution in [0.2, 0.25) is 0 Å². The van der Waals surface area contributed by atoms with E-state index >= 15 is 0 Å². The van der Waals surface area contributed by atoms with E-state index < -0.39 is 0 Å². The van der Waals surface area contributed by atoms with Gasteiger partial charge in [-0.2, -0.15) is 8.75 Å². The van der Waals surface area contributed by atoms with Gasteiger partial charge >= 0.3 is 0 Å². The van der Waals surface area contributed by atoms with Crippen LogP contribution in [-0.2, 0) is 16.0 Å². The first-order chi connectivity index (χ1) is 9.76. The van der Waals surface area contributed by atoms with Crippen molar-refractivity contribution < 1.29 is 9.47 Å². The predicted octanol–water partition coefficient (Wildman–Crippen LogP) is 2.57. The number of hydrogen-bond donors (Lipinski definition) is 1. The first-order valence-electron chi connectivity index (χ1n) is 6.93. The molecule has 0 saturated carbocycles. The lowest BCUT2D eigenvalue weighted by Crippen LogP contribution is -2.40. The van der Waals surface area contributed by atoms with Crippen LogP contribution < -0.4 is 5.32 Å². The van der Waals surface area contributed by atoms with E-state index in [4.69, 9.17) is 9.47 Å². The van der Waals surface area contributed by atoms with E-state index in [-0.39, 0.29) is 12.3 Å². The van der Waals surface area contributed by atoms with Gasteiger partial charge in [-0.3, -0.25) is 0 Å². The molecule has 0 aliphatic carbocycles. The third kappa shape index (κ3) is 3.73. The Labute approximate surface area is 123 Å². The highest BCUT2D eigenvalue weighted by atomic mass is 32.1. The number of benzene rings is 1. The van der Waals surface area contributed by atoms with Gasteiger partial charge in [-0.25, -0.2) is 0 Å². The van der Waals surface area contributed by atoms with Gasteiger partial charge in [0.1, 0.15) is 11.0 Å². The first kappa shape index (κ1) is 15.3. The number of ether oxygens (including phenoxy) is 2. The molecule has 1 atom stereocenters. The third-order valence-corrected chi connectivity index (χ3v) is 3.60. The molecule has 0 aliphatic heterocycles. The molecular weight excluding hydrogens is 274 g/mol. The van der Waals surface area contributed by atoms with E-state index in [9.17, 15) is 0 Å². The van der Waals surface area contributed by atoms with Crippen molar-refractivity contribution >= 4 is 22.8 Å². The van der Waals surface area contributed by atoms with Crippen LogP contribution in [-0.4, -0.2) is 34.3 Å². The minimum absolute atomic E-state index is 0.108. The number of aromatic nitrogens is 2. The number of nitrogens with zero attached hydrogens (tertiary/aromatic N) is 2. The molecule has 1 N–H and O–H groups in total. The molecule has 2 aromatic rings. The van der Waals surface area contributed by atoms with Crippen molar-refractivity contribution in [2.75, 3.05) is 13.2 Å². The summed E-state index contributed by atoms with van der Waals surface area (Å²) in [5, 5.41) is 3.44. The molecule has 110 valence electrons. The van der Waals surface area contributed by atoms with Crippen LogP contribution in [0.15, 0.2) is 18.2 Å². The second-order valence-corrected chi connectivity index (χ2v) is 5.03. The Bertz CT molecular complexity index is 526. The highest BCUT2D eigenvalue weighted by Gasteiger charge is 2.17. The lowest BCUT2D eigenvalue weighted by Gasteiger charge is -2.24. The topological polar surface area (TPSA) is 56.3 Å². The van der Waals surface area contributed by atoms with Crippen molar-refractivity contribution in [3.63, 3.8) is 0 Å². The van der Waals surface area contributed by atoms with E-state index in [1.54, 1.807) is 0 Å². The summed E-state index contributed by atoms with van der Waals surface area (Å²) in [5.74, 6) is 0. The van der Waals surface area contributed by atoms with Crippen LogP contribution >= 0.6 is 11.7 Å². The van der Waals surface area contributed by atoms with Crippen molar-refractivity contribution in [1.29, 1.82) is 0 Å². The summed E-state index contributed by atoms with van der Waals surface area (Å²) in [4.78, 5) is 0. The summed E-state index contributed by atoms with van der Waals surface area (Å²) in [6, 6.07) is 6.17. The molecule has 1 aromatic heterocycles. The fourth-order valence-corrected chi connectivity index (χ4v) is 2.61. The van der Waals surface area contributed by atoms with Gasteiger partial charge in [0.05, 0.1) is 17.8 Å². The molecule has 0 bridgehead atoms. The summed E-state index contributed by atoms with van der Waals surface area (Å²) in [6.07, 6.45) is -0.224. The van der Waals surface area contributed by atoms with Gasteiger partial charge in [-0.1, -0.05) is 12.1 Å². The van der Waals surface area contributed by atoms with Crippen molar-refractivity contribution in [1.82, 2.24) is 14.1 Å². The average molecular weight is 295 g/mol. The highest BCUT2D eigenvalue weighted by molar-refractivity contribution is 7.00. The third-order valence-electron chi connectivity index (χ3n) is 3.05. The lowest BCUT2D eigenvalue weighted by atomic mass is 10.1. The van der Waals surface area contributed by atoms with Gasteiger partial charge in [0, 0.05) is 19.8 Å². The van der Waals surface area contributed by atoms with E-state index in [1.165, 1.54) is 11.7 Å². The van der Waals surface area contributed by atoms with Crippen molar-refractivity contribution in [2.45, 2.75) is 39.6 Å². The summed E-state index contributed by atoms with van der Waals surface area (Å²) in [6.45, 7) is 8.02. The normalized spacial score (nSPS) is 13.2. The van der Waals surface area contributed by atoms with Gasteiger partial charge < -0.3 is 14.8 Å². The first-order valence-corrected chi connectivity index (χ1v) is 7.66. The van der Waals surface area contributed by atoms with Crippen LogP contribution in [0.1, 0.15) is 26.3 Å². The molecule has 5 nitrogen and oxygen atoms in total. The van der Waals surface area contributed by atoms with Crippen LogP contribution in [0.4, 0.5) is 0 Å². The van der Waals surface area contributed by atoms with Gasteiger partial charge in [0.25, 0.3) is 0 Å². The fourth-order valence-electron chi connectivity index (χ4n) is 2.04. The maximum absolute atomic E-state index is 5.59. The molecule has 0 spiro atoms. The molecule has 6 heteroatoms. The number of fused-ring (bicyclic) bond motifs is 1. The molecule has 2 rings (SSSR count). The Morgan fingerprint density at radius 2 is 1.95 bits per heavy atom. The average Bonchev–Trinajstić information content (AvgIpc) is 2.93. The second kappa shape index (κ2) is 7.64. The van der Waals surface area contributed by atoms with Crippen LogP contribution in [0, 0.1) is 0 Å². The zero-order valence-corrected chi connectivity index (χ0v) is 12.9. The summed E-state index contributed by atoms with van der Waals surface area (Å²) >= 11 is 1.25. The summed E-state index contributed by atoms with van der Waals surface area (Å²) in [5.41, 5.74) is 3.07. The lowest BCUT2D eigenvalue weighted by molar-refractivity contribution is -0.151. The van der Waals surface area contributed by atoms with E-state index in [1.807, 2.05) is 26.0 Å². The second-order valence-electron chi connectivity index (χ2n) is 4.50. The number of rotatable bonds is 8. The van der Waals surface area contributed by atoms with Crippen molar-refractivity contribution in [2.24, 2.45) is 0 Å². The molecule has 20 heavy (non-hydrogen) atoms. The Hall–Kier alpha value is -1.08. The Kier molecular flexibility index (Phi) is 5.85. The highest BCUT2D eigenvalue weighted by Crippen LogP contribution is 2.16. The standard InChI is InChI=1S/C14H21N3O2S/c1-4-18-14(19-5-2)10(3)15-9-11-7-6-8-12-13(11)17-20-16-12/h6-8,10,14-15H,4-5,9H2,1-3H3. The maximum atomic E-state index is 5.59. The molecule has 0 fully saturated rings. The quantitative estimate of drug-likeness (QED) is 0.759. The van der Waals surface area contributed by atoms with E-state index in [2.05, 4.69) is 27.1 Å². The molecule has 0 aliphatic rings. The van der Waals surface area contributed by atoms with E-state index in [0.29, 0.717) is 13.2 Å². The maximum Gasteiger partial charge on any atom is 0.172 e. The molecular formula is C14H21N3O2S. The summed E-state index contributed by atoms with van der Waals surface area (Å²) in [7, 11) is 0. The summed E-state index contributed by atoms with van der Waals surface area (Å²) < 4.78 is 19.8. The molecule has 0 amide bonds. The zero-order chi connectivity index (χ0) is 14.4. The zero-order valence-electron chi connectivity index (χ0n) is 12.1. The Balaban J connectivity index is 1.98. The van der Waals surface area contributed by atoms with Gasteiger partial charge in [0.2, 0.25) is 0 Å². The Morgan fingerprint density at radius 1 is 1.20 bits per heavy atom.